The molecule has 2 heterocycles. The summed E-state index contributed by atoms with van der Waals surface area (Å²) >= 11 is 0. The van der Waals surface area contributed by atoms with Crippen LogP contribution in [0.25, 0.3) is 0 Å². The first-order valence-electron chi connectivity index (χ1n) is 7.16. The second kappa shape index (κ2) is 6.23. The molecule has 0 spiro atoms. The van der Waals surface area contributed by atoms with Gasteiger partial charge in [-0.3, -0.25) is 0 Å². The molecule has 0 bridgehead atoms. The zero-order valence-corrected chi connectivity index (χ0v) is 13.4. The molecule has 0 amide bonds. The first-order valence-corrected chi connectivity index (χ1v) is 8.64. The highest BCUT2D eigenvalue weighted by molar-refractivity contribution is 7.89. The van der Waals surface area contributed by atoms with Crippen LogP contribution in [0.15, 0.2) is 41.4 Å². The summed E-state index contributed by atoms with van der Waals surface area (Å²) in [4.78, 5) is 0.0702. The van der Waals surface area contributed by atoms with Crippen molar-refractivity contribution in [2.45, 2.75) is 11.0 Å². The Bertz CT molecular complexity index is 800. The molecule has 0 radical (unpaired) electrons. The van der Waals surface area contributed by atoms with Crippen molar-refractivity contribution in [1.82, 2.24) is 9.29 Å². The van der Waals surface area contributed by atoms with Gasteiger partial charge in [-0.25, -0.2) is 13.1 Å². The number of aryl methyl sites for hydroxylation is 1. The van der Waals surface area contributed by atoms with Crippen LogP contribution >= 0.6 is 0 Å². The summed E-state index contributed by atoms with van der Waals surface area (Å²) in [6.45, 7) is 0.713. The van der Waals surface area contributed by atoms with Crippen LogP contribution in [0.4, 0.5) is 0 Å². The highest BCUT2D eigenvalue weighted by Crippen LogP contribution is 2.32. The average Bonchev–Trinajstić information content (AvgIpc) is 2.98. The number of hydrogen-bond donors (Lipinski definition) is 2. The quantitative estimate of drug-likeness (QED) is 0.842. The van der Waals surface area contributed by atoms with Crippen molar-refractivity contribution in [2.75, 3.05) is 19.8 Å². The molecule has 23 heavy (non-hydrogen) atoms. The number of fused-ring (bicyclic) bond motifs is 1. The molecular weight excluding hydrogens is 320 g/mol. The van der Waals surface area contributed by atoms with E-state index in [0.29, 0.717) is 30.4 Å². The number of nitrogens with zero attached hydrogens (tertiary/aromatic N) is 1. The standard InChI is InChI=1S/C15H18N2O5S/c1-17-6-2-3-12(17)13(18)10-16-23(19,20)11-4-5-14-15(9-11)22-8-7-21-14/h2-6,9,13,16,18H,7-8,10H2,1H3. The summed E-state index contributed by atoms with van der Waals surface area (Å²) in [6.07, 6.45) is 0.857. The summed E-state index contributed by atoms with van der Waals surface area (Å²) in [7, 11) is -1.96. The van der Waals surface area contributed by atoms with Crippen LogP contribution in [0, 0.1) is 0 Å². The monoisotopic (exact) mass is 338 g/mol. The number of benzene rings is 1. The highest BCUT2D eigenvalue weighted by atomic mass is 32.2. The molecule has 2 aromatic rings. The number of aliphatic hydroxyl groups is 1. The molecular formula is C15H18N2O5S. The van der Waals surface area contributed by atoms with Crippen molar-refractivity contribution in [3.63, 3.8) is 0 Å². The van der Waals surface area contributed by atoms with Crippen molar-refractivity contribution in [1.29, 1.82) is 0 Å². The minimum atomic E-state index is -3.75. The van der Waals surface area contributed by atoms with Crippen molar-refractivity contribution in [3.8, 4) is 11.5 Å². The third kappa shape index (κ3) is 3.34. The maximum absolute atomic E-state index is 12.4. The number of rotatable bonds is 5. The Morgan fingerprint density at radius 1 is 1.26 bits per heavy atom. The molecule has 1 aliphatic rings. The van der Waals surface area contributed by atoms with E-state index in [1.165, 1.54) is 12.1 Å². The van der Waals surface area contributed by atoms with Crippen LogP contribution in [0.1, 0.15) is 11.8 Å². The lowest BCUT2D eigenvalue weighted by Crippen LogP contribution is -2.29. The molecule has 1 aliphatic heterocycles. The number of aliphatic hydroxyl groups excluding tert-OH is 1. The first-order chi connectivity index (χ1) is 11.0. The first kappa shape index (κ1) is 15.9. The molecule has 0 fully saturated rings. The third-order valence-corrected chi connectivity index (χ3v) is 5.04. The predicted molar refractivity (Wildman–Crippen MR) is 83.0 cm³/mol. The average molecular weight is 338 g/mol. The molecule has 2 N–H and O–H groups in total. The normalized spacial score (nSPS) is 15.4. The summed E-state index contributed by atoms with van der Waals surface area (Å²) in [5.74, 6) is 0.932. The van der Waals surface area contributed by atoms with Gasteiger partial charge in [-0.15, -0.1) is 0 Å². The number of sulfonamides is 1. The van der Waals surface area contributed by atoms with E-state index in [2.05, 4.69) is 4.72 Å². The zero-order chi connectivity index (χ0) is 16.4. The minimum Gasteiger partial charge on any atom is -0.486 e. The van der Waals surface area contributed by atoms with Crippen molar-refractivity contribution in [3.05, 3.63) is 42.2 Å². The van der Waals surface area contributed by atoms with E-state index in [1.807, 2.05) is 0 Å². The van der Waals surface area contributed by atoms with E-state index in [-0.39, 0.29) is 11.4 Å². The molecule has 1 aromatic carbocycles. The minimum absolute atomic E-state index is 0.0702. The summed E-state index contributed by atoms with van der Waals surface area (Å²) in [6, 6.07) is 7.96. The van der Waals surface area contributed by atoms with Gasteiger partial charge in [0.05, 0.1) is 4.90 Å². The molecule has 1 atom stereocenters. The van der Waals surface area contributed by atoms with Gasteiger partial charge in [-0.1, -0.05) is 0 Å². The molecule has 0 saturated carbocycles. The number of ether oxygens (including phenoxy) is 2. The van der Waals surface area contributed by atoms with Crippen LogP contribution in [0.3, 0.4) is 0 Å². The van der Waals surface area contributed by atoms with Crippen molar-refractivity contribution >= 4 is 10.0 Å². The summed E-state index contributed by atoms with van der Waals surface area (Å²) in [5, 5.41) is 10.1. The maximum Gasteiger partial charge on any atom is 0.240 e. The zero-order valence-electron chi connectivity index (χ0n) is 12.6. The van der Waals surface area contributed by atoms with Gasteiger partial charge < -0.3 is 19.1 Å². The van der Waals surface area contributed by atoms with Crippen LogP contribution in [-0.4, -0.2) is 37.8 Å². The molecule has 1 aromatic heterocycles. The Morgan fingerprint density at radius 3 is 2.70 bits per heavy atom. The van der Waals surface area contributed by atoms with Gasteiger partial charge in [0, 0.05) is 31.5 Å². The largest absolute Gasteiger partial charge is 0.486 e. The second-order valence-corrected chi connectivity index (χ2v) is 6.98. The van der Waals surface area contributed by atoms with Gasteiger partial charge >= 0.3 is 0 Å². The van der Waals surface area contributed by atoms with Gasteiger partial charge in [0.2, 0.25) is 10.0 Å². The van der Waals surface area contributed by atoms with Crippen LogP contribution in [0.2, 0.25) is 0 Å². The number of aromatic nitrogens is 1. The Labute approximate surface area is 134 Å². The molecule has 0 aliphatic carbocycles. The van der Waals surface area contributed by atoms with Crippen LogP contribution in [-0.2, 0) is 17.1 Å². The van der Waals surface area contributed by atoms with Gasteiger partial charge in [0.15, 0.2) is 11.5 Å². The molecule has 8 heteroatoms. The van der Waals surface area contributed by atoms with E-state index in [1.54, 1.807) is 36.0 Å². The lowest BCUT2D eigenvalue weighted by molar-refractivity contribution is 0.171. The van der Waals surface area contributed by atoms with Crippen molar-refractivity contribution in [2.24, 2.45) is 7.05 Å². The molecule has 7 nitrogen and oxygen atoms in total. The lowest BCUT2D eigenvalue weighted by Gasteiger charge is -2.19. The summed E-state index contributed by atoms with van der Waals surface area (Å²) < 4.78 is 39.6. The van der Waals surface area contributed by atoms with Gasteiger partial charge in [-0.2, -0.15) is 0 Å². The Balaban J connectivity index is 1.73. The topological polar surface area (TPSA) is 89.8 Å². The van der Waals surface area contributed by atoms with Crippen LogP contribution in [0.5, 0.6) is 11.5 Å². The summed E-state index contributed by atoms with van der Waals surface area (Å²) in [5.41, 5.74) is 0.634. The van der Waals surface area contributed by atoms with Gasteiger partial charge in [0.25, 0.3) is 0 Å². The molecule has 124 valence electrons. The smallest absolute Gasteiger partial charge is 0.240 e. The number of hydrogen-bond acceptors (Lipinski definition) is 5. The Kier molecular flexibility index (Phi) is 4.29. The second-order valence-electron chi connectivity index (χ2n) is 5.22. The fourth-order valence-electron chi connectivity index (χ4n) is 2.39. The van der Waals surface area contributed by atoms with E-state index < -0.39 is 16.1 Å². The fourth-order valence-corrected chi connectivity index (χ4v) is 3.44. The Hall–Kier alpha value is -2.03. The van der Waals surface area contributed by atoms with Crippen molar-refractivity contribution < 1.29 is 23.0 Å². The SMILES string of the molecule is Cn1cccc1C(O)CNS(=O)(=O)c1ccc2c(c1)OCCO2. The lowest BCUT2D eigenvalue weighted by atomic mass is 10.2. The van der Waals surface area contributed by atoms with Crippen LogP contribution < -0.4 is 14.2 Å². The highest BCUT2D eigenvalue weighted by Gasteiger charge is 2.21. The predicted octanol–water partition coefficient (Wildman–Crippen LogP) is 0.808. The van der Waals surface area contributed by atoms with Gasteiger partial charge in [-0.05, 0) is 24.3 Å². The van der Waals surface area contributed by atoms with E-state index in [9.17, 15) is 13.5 Å². The van der Waals surface area contributed by atoms with Gasteiger partial charge in [0.1, 0.15) is 19.3 Å². The molecule has 0 saturated heterocycles. The van der Waals surface area contributed by atoms with E-state index >= 15 is 0 Å². The molecule has 1 unspecified atom stereocenters. The van der Waals surface area contributed by atoms with E-state index in [0.717, 1.165) is 0 Å². The number of nitrogens with one attached hydrogen (secondary N) is 1. The fraction of sp³-hybridized carbons (Fsp3) is 0.333. The maximum atomic E-state index is 12.4. The third-order valence-electron chi connectivity index (χ3n) is 3.62. The van der Waals surface area contributed by atoms with E-state index in [4.69, 9.17) is 9.47 Å². The Morgan fingerprint density at radius 2 is 2.00 bits per heavy atom. The molecule has 3 rings (SSSR count).